The minimum atomic E-state index is 0.461. The van der Waals surface area contributed by atoms with Crippen LogP contribution in [0.25, 0.3) is 10.8 Å². The maximum absolute atomic E-state index is 5.83. The lowest BCUT2D eigenvalue weighted by Gasteiger charge is -2.10. The molecular formula is C17H17N3O. The molecule has 0 atom stereocenters. The van der Waals surface area contributed by atoms with Crippen LogP contribution in [0.5, 0.6) is 5.88 Å². The van der Waals surface area contributed by atoms with Gasteiger partial charge in [-0.25, -0.2) is 0 Å². The Morgan fingerprint density at radius 2 is 1.86 bits per heavy atom. The summed E-state index contributed by atoms with van der Waals surface area (Å²) < 4.78 is 5.41. The van der Waals surface area contributed by atoms with E-state index in [1.807, 2.05) is 31.2 Å². The zero-order chi connectivity index (χ0) is 14.7. The standard InChI is InChI=1S/C17H17N3O/c1-2-21-17-15(18)9-10-16(20-17)19-14-8-7-12-5-3-4-6-13(12)11-14/h3-11H,2,18H2,1H3,(H,19,20). The number of rotatable bonds is 4. The topological polar surface area (TPSA) is 60.2 Å². The third-order valence-corrected chi connectivity index (χ3v) is 3.19. The molecule has 3 rings (SSSR count). The van der Waals surface area contributed by atoms with Crippen molar-refractivity contribution in [2.75, 3.05) is 17.7 Å². The number of fused-ring (bicyclic) bond motifs is 1. The van der Waals surface area contributed by atoms with Gasteiger partial charge in [0.05, 0.1) is 12.3 Å². The second-order valence-corrected chi connectivity index (χ2v) is 4.71. The van der Waals surface area contributed by atoms with Crippen molar-refractivity contribution >= 4 is 28.0 Å². The highest BCUT2D eigenvalue weighted by molar-refractivity contribution is 5.86. The van der Waals surface area contributed by atoms with Crippen molar-refractivity contribution in [2.24, 2.45) is 0 Å². The molecule has 0 saturated carbocycles. The van der Waals surface area contributed by atoms with Crippen LogP contribution in [0.15, 0.2) is 54.6 Å². The Bertz CT molecular complexity index is 771. The fourth-order valence-electron chi connectivity index (χ4n) is 2.19. The Balaban J connectivity index is 1.89. The first-order valence-corrected chi connectivity index (χ1v) is 6.91. The summed E-state index contributed by atoms with van der Waals surface area (Å²) in [5.41, 5.74) is 7.35. The highest BCUT2D eigenvalue weighted by Crippen LogP contribution is 2.25. The summed E-state index contributed by atoms with van der Waals surface area (Å²) in [6.07, 6.45) is 0. The molecule has 0 fully saturated rings. The molecule has 0 amide bonds. The van der Waals surface area contributed by atoms with Gasteiger partial charge in [0.25, 0.3) is 0 Å². The molecule has 0 unspecified atom stereocenters. The number of nitrogens with one attached hydrogen (secondary N) is 1. The Kier molecular flexibility index (Phi) is 3.60. The predicted octanol–water partition coefficient (Wildman–Crippen LogP) is 3.96. The molecule has 1 aromatic heterocycles. The molecular weight excluding hydrogens is 262 g/mol. The van der Waals surface area contributed by atoms with Gasteiger partial charge >= 0.3 is 0 Å². The fourth-order valence-corrected chi connectivity index (χ4v) is 2.19. The van der Waals surface area contributed by atoms with Gasteiger partial charge in [-0.15, -0.1) is 0 Å². The number of nitrogen functional groups attached to an aromatic ring is 1. The lowest BCUT2D eigenvalue weighted by atomic mass is 10.1. The van der Waals surface area contributed by atoms with Gasteiger partial charge in [0.2, 0.25) is 5.88 Å². The number of aromatic nitrogens is 1. The summed E-state index contributed by atoms with van der Waals surface area (Å²) >= 11 is 0. The molecule has 3 aromatic rings. The number of anilines is 3. The largest absolute Gasteiger partial charge is 0.476 e. The quantitative estimate of drug-likeness (QED) is 0.759. The van der Waals surface area contributed by atoms with E-state index in [0.29, 0.717) is 24.0 Å². The average Bonchev–Trinajstić information content (AvgIpc) is 2.51. The third-order valence-electron chi connectivity index (χ3n) is 3.19. The summed E-state index contributed by atoms with van der Waals surface area (Å²) in [4.78, 5) is 4.38. The van der Waals surface area contributed by atoms with Gasteiger partial charge in [0.15, 0.2) is 0 Å². The molecule has 2 aromatic carbocycles. The first-order valence-electron chi connectivity index (χ1n) is 6.91. The number of hydrogen-bond acceptors (Lipinski definition) is 4. The predicted molar refractivity (Wildman–Crippen MR) is 87.0 cm³/mol. The first-order chi connectivity index (χ1) is 10.3. The lowest BCUT2D eigenvalue weighted by Crippen LogP contribution is -2.02. The molecule has 0 radical (unpaired) electrons. The van der Waals surface area contributed by atoms with Crippen LogP contribution in [0.3, 0.4) is 0 Å². The van der Waals surface area contributed by atoms with Crippen molar-refractivity contribution in [1.82, 2.24) is 4.98 Å². The molecule has 21 heavy (non-hydrogen) atoms. The molecule has 1 heterocycles. The van der Waals surface area contributed by atoms with Gasteiger partial charge in [0, 0.05) is 5.69 Å². The lowest BCUT2D eigenvalue weighted by molar-refractivity contribution is 0.329. The van der Waals surface area contributed by atoms with Crippen molar-refractivity contribution in [1.29, 1.82) is 0 Å². The Hall–Kier alpha value is -2.75. The van der Waals surface area contributed by atoms with E-state index in [-0.39, 0.29) is 0 Å². The number of ether oxygens (including phenoxy) is 1. The smallest absolute Gasteiger partial charge is 0.239 e. The van der Waals surface area contributed by atoms with E-state index in [0.717, 1.165) is 5.69 Å². The molecule has 106 valence electrons. The molecule has 0 aliphatic heterocycles. The summed E-state index contributed by atoms with van der Waals surface area (Å²) in [5, 5.41) is 5.67. The SMILES string of the molecule is CCOc1nc(Nc2ccc3ccccc3c2)ccc1N. The van der Waals surface area contributed by atoms with E-state index in [9.17, 15) is 0 Å². The van der Waals surface area contributed by atoms with Crippen molar-refractivity contribution in [2.45, 2.75) is 6.92 Å². The third kappa shape index (κ3) is 2.89. The van der Waals surface area contributed by atoms with Crippen LogP contribution in [0.4, 0.5) is 17.2 Å². The van der Waals surface area contributed by atoms with Gasteiger partial charge in [0.1, 0.15) is 5.82 Å². The molecule has 4 nitrogen and oxygen atoms in total. The fraction of sp³-hybridized carbons (Fsp3) is 0.118. The molecule has 0 bridgehead atoms. The summed E-state index contributed by atoms with van der Waals surface area (Å²) in [7, 11) is 0. The Morgan fingerprint density at radius 3 is 2.67 bits per heavy atom. The normalized spacial score (nSPS) is 10.5. The molecule has 3 N–H and O–H groups in total. The van der Waals surface area contributed by atoms with Gasteiger partial charge in [-0.05, 0) is 42.0 Å². The van der Waals surface area contributed by atoms with E-state index in [4.69, 9.17) is 10.5 Å². The van der Waals surface area contributed by atoms with E-state index in [1.54, 1.807) is 6.07 Å². The van der Waals surface area contributed by atoms with E-state index < -0.39 is 0 Å². The van der Waals surface area contributed by atoms with Crippen LogP contribution < -0.4 is 15.8 Å². The van der Waals surface area contributed by atoms with E-state index >= 15 is 0 Å². The second-order valence-electron chi connectivity index (χ2n) is 4.71. The van der Waals surface area contributed by atoms with Crippen LogP contribution in [-0.2, 0) is 0 Å². The van der Waals surface area contributed by atoms with Gasteiger partial charge < -0.3 is 15.8 Å². The zero-order valence-corrected chi connectivity index (χ0v) is 11.8. The van der Waals surface area contributed by atoms with Crippen molar-refractivity contribution in [3.63, 3.8) is 0 Å². The van der Waals surface area contributed by atoms with Gasteiger partial charge in [-0.3, -0.25) is 0 Å². The highest BCUT2D eigenvalue weighted by atomic mass is 16.5. The summed E-state index contributed by atoms with van der Waals surface area (Å²) in [5.74, 6) is 1.17. The zero-order valence-electron chi connectivity index (χ0n) is 11.8. The molecule has 0 aliphatic carbocycles. The number of pyridine rings is 1. The number of hydrogen-bond donors (Lipinski definition) is 2. The molecule has 0 saturated heterocycles. The maximum atomic E-state index is 5.83. The van der Waals surface area contributed by atoms with E-state index in [2.05, 4.69) is 34.6 Å². The number of benzene rings is 2. The van der Waals surface area contributed by atoms with Crippen molar-refractivity contribution in [3.05, 3.63) is 54.6 Å². The van der Waals surface area contributed by atoms with Crippen LogP contribution in [0.1, 0.15) is 6.92 Å². The maximum Gasteiger partial charge on any atom is 0.239 e. The monoisotopic (exact) mass is 279 g/mol. The van der Waals surface area contributed by atoms with E-state index in [1.165, 1.54) is 10.8 Å². The number of nitrogens with zero attached hydrogens (tertiary/aromatic N) is 1. The van der Waals surface area contributed by atoms with Gasteiger partial charge in [-0.2, -0.15) is 4.98 Å². The van der Waals surface area contributed by atoms with Crippen LogP contribution in [-0.4, -0.2) is 11.6 Å². The minimum Gasteiger partial charge on any atom is -0.476 e. The molecule has 4 heteroatoms. The molecule has 0 aliphatic rings. The summed E-state index contributed by atoms with van der Waals surface area (Å²) in [6.45, 7) is 2.45. The minimum absolute atomic E-state index is 0.461. The summed E-state index contributed by atoms with van der Waals surface area (Å²) in [6, 6.07) is 18.1. The van der Waals surface area contributed by atoms with Crippen LogP contribution in [0, 0.1) is 0 Å². The van der Waals surface area contributed by atoms with Crippen molar-refractivity contribution in [3.8, 4) is 5.88 Å². The molecule has 0 spiro atoms. The van der Waals surface area contributed by atoms with Crippen molar-refractivity contribution < 1.29 is 4.74 Å². The van der Waals surface area contributed by atoms with Crippen LogP contribution in [0.2, 0.25) is 0 Å². The highest BCUT2D eigenvalue weighted by Gasteiger charge is 2.04. The Morgan fingerprint density at radius 1 is 1.05 bits per heavy atom. The van der Waals surface area contributed by atoms with Gasteiger partial charge in [-0.1, -0.05) is 30.3 Å². The average molecular weight is 279 g/mol. The first kappa shape index (κ1) is 13.2. The second kappa shape index (κ2) is 5.71. The Labute approximate surface area is 123 Å². The number of nitrogens with two attached hydrogens (primary N) is 1. The van der Waals surface area contributed by atoms with Crippen LogP contribution >= 0.6 is 0 Å².